The molecule has 3 aromatic rings. The number of nitrogens with zero attached hydrogens (tertiary/aromatic N) is 2. The van der Waals surface area contributed by atoms with Crippen molar-refractivity contribution in [3.05, 3.63) is 54.2 Å². The molecule has 0 unspecified atom stereocenters. The smallest absolute Gasteiger partial charge is 0.236 e. The van der Waals surface area contributed by atoms with Crippen LogP contribution in [-0.4, -0.2) is 28.7 Å². The Morgan fingerprint density at radius 2 is 2.12 bits per heavy atom. The van der Waals surface area contributed by atoms with E-state index < -0.39 is 0 Å². The number of benzene rings is 1. The Labute approximate surface area is 148 Å². The topological polar surface area (TPSA) is 64.1 Å². The third kappa shape index (κ3) is 4.33. The number of nitrogens with one attached hydrogen (secondary N) is 1. The van der Waals surface area contributed by atoms with Gasteiger partial charge in [-0.05, 0) is 36.4 Å². The van der Waals surface area contributed by atoms with E-state index in [9.17, 15) is 4.79 Å². The van der Waals surface area contributed by atoms with Gasteiger partial charge in [-0.3, -0.25) is 9.78 Å². The molecule has 0 bridgehead atoms. The van der Waals surface area contributed by atoms with Crippen LogP contribution in [0.3, 0.4) is 0 Å². The number of carbonyl (C=O) groups is 1. The van der Waals surface area contributed by atoms with Crippen molar-refractivity contribution in [2.45, 2.75) is 4.90 Å². The largest absolute Gasteiger partial charge is 0.497 e. The second-order valence-corrected chi connectivity index (χ2v) is 6.70. The quantitative estimate of drug-likeness (QED) is 0.677. The summed E-state index contributed by atoms with van der Waals surface area (Å²) in [7, 11) is 1.63. The monoisotopic (exact) mass is 357 g/mol. The molecule has 1 aromatic carbocycles. The molecule has 122 valence electrons. The lowest BCUT2D eigenvalue weighted by atomic mass is 10.2. The van der Waals surface area contributed by atoms with E-state index in [1.165, 1.54) is 23.1 Å². The van der Waals surface area contributed by atoms with Crippen LogP contribution in [0, 0.1) is 0 Å². The second kappa shape index (κ2) is 7.94. The molecule has 2 heterocycles. The highest BCUT2D eigenvalue weighted by Gasteiger charge is 2.09. The number of pyridine rings is 1. The van der Waals surface area contributed by atoms with Gasteiger partial charge in [0.25, 0.3) is 0 Å². The summed E-state index contributed by atoms with van der Waals surface area (Å²) in [6.45, 7) is 0. The van der Waals surface area contributed by atoms with Crippen molar-refractivity contribution in [1.82, 2.24) is 9.97 Å². The van der Waals surface area contributed by atoms with E-state index in [4.69, 9.17) is 4.74 Å². The van der Waals surface area contributed by atoms with Gasteiger partial charge in [0.1, 0.15) is 5.75 Å². The van der Waals surface area contributed by atoms with Gasteiger partial charge in [0.05, 0.1) is 18.6 Å². The number of methoxy groups -OCH3 is 1. The van der Waals surface area contributed by atoms with Gasteiger partial charge in [0, 0.05) is 28.2 Å². The minimum absolute atomic E-state index is 0.0806. The molecule has 5 nitrogen and oxygen atoms in total. The van der Waals surface area contributed by atoms with Gasteiger partial charge in [0.15, 0.2) is 5.13 Å². The third-order valence-corrected chi connectivity index (χ3v) is 4.91. The Morgan fingerprint density at radius 3 is 2.83 bits per heavy atom. The molecule has 0 aliphatic carbocycles. The number of aromatic nitrogens is 2. The SMILES string of the molecule is COc1ccc(SCC(=O)Nc2nc(-c3cccnc3)cs2)cc1. The van der Waals surface area contributed by atoms with Crippen molar-refractivity contribution in [3.8, 4) is 17.0 Å². The summed E-state index contributed by atoms with van der Waals surface area (Å²) in [6, 6.07) is 11.4. The van der Waals surface area contributed by atoms with Crippen LogP contribution in [-0.2, 0) is 4.79 Å². The standard InChI is InChI=1S/C17H15N3O2S2/c1-22-13-4-6-14(7-5-13)23-11-16(21)20-17-19-15(10-24-17)12-3-2-8-18-9-12/h2-10H,11H2,1H3,(H,19,20,21). The van der Waals surface area contributed by atoms with E-state index in [2.05, 4.69) is 15.3 Å². The molecule has 0 fully saturated rings. The Bertz CT molecular complexity index is 804. The zero-order chi connectivity index (χ0) is 16.8. The number of amides is 1. The van der Waals surface area contributed by atoms with Crippen molar-refractivity contribution < 1.29 is 9.53 Å². The van der Waals surface area contributed by atoms with E-state index in [1.807, 2.05) is 41.8 Å². The van der Waals surface area contributed by atoms with E-state index in [1.54, 1.807) is 19.5 Å². The van der Waals surface area contributed by atoms with Gasteiger partial charge in [-0.1, -0.05) is 0 Å². The molecule has 0 saturated heterocycles. The molecule has 0 atom stereocenters. The lowest BCUT2D eigenvalue weighted by Gasteiger charge is -2.03. The van der Waals surface area contributed by atoms with E-state index >= 15 is 0 Å². The van der Waals surface area contributed by atoms with Crippen molar-refractivity contribution in [2.24, 2.45) is 0 Å². The highest BCUT2D eigenvalue weighted by atomic mass is 32.2. The predicted molar refractivity (Wildman–Crippen MR) is 97.7 cm³/mol. The Balaban J connectivity index is 1.54. The normalized spacial score (nSPS) is 10.4. The maximum absolute atomic E-state index is 12.1. The van der Waals surface area contributed by atoms with Crippen LogP contribution in [0.2, 0.25) is 0 Å². The molecule has 0 aliphatic heterocycles. The van der Waals surface area contributed by atoms with E-state index in [0.717, 1.165) is 21.9 Å². The number of thioether (sulfide) groups is 1. The first kappa shape index (κ1) is 16.5. The number of carbonyl (C=O) groups excluding carboxylic acids is 1. The molecule has 0 spiro atoms. The summed E-state index contributed by atoms with van der Waals surface area (Å²) in [6.07, 6.45) is 3.47. The van der Waals surface area contributed by atoms with Gasteiger partial charge in [-0.2, -0.15) is 0 Å². The fourth-order valence-corrected chi connectivity index (χ4v) is 3.39. The Kier molecular flexibility index (Phi) is 5.45. The molecular weight excluding hydrogens is 342 g/mol. The van der Waals surface area contributed by atoms with Crippen LogP contribution >= 0.6 is 23.1 Å². The number of ether oxygens (including phenoxy) is 1. The highest BCUT2D eigenvalue weighted by molar-refractivity contribution is 8.00. The first-order valence-electron chi connectivity index (χ1n) is 7.17. The second-order valence-electron chi connectivity index (χ2n) is 4.79. The maximum Gasteiger partial charge on any atom is 0.236 e. The Morgan fingerprint density at radius 1 is 1.29 bits per heavy atom. The molecule has 24 heavy (non-hydrogen) atoms. The van der Waals surface area contributed by atoms with Crippen LogP contribution in [0.4, 0.5) is 5.13 Å². The zero-order valence-corrected chi connectivity index (χ0v) is 14.6. The highest BCUT2D eigenvalue weighted by Crippen LogP contribution is 2.25. The minimum Gasteiger partial charge on any atom is -0.497 e. The fraction of sp³-hybridized carbons (Fsp3) is 0.118. The number of hydrogen-bond acceptors (Lipinski definition) is 6. The van der Waals surface area contributed by atoms with Gasteiger partial charge in [-0.25, -0.2) is 4.98 Å². The number of thiazole rings is 1. The first-order valence-corrected chi connectivity index (χ1v) is 9.04. The fourth-order valence-electron chi connectivity index (χ4n) is 1.95. The van der Waals surface area contributed by atoms with Crippen LogP contribution < -0.4 is 10.1 Å². The van der Waals surface area contributed by atoms with E-state index in [0.29, 0.717) is 10.9 Å². The average Bonchev–Trinajstić information content (AvgIpc) is 3.09. The molecule has 0 aliphatic rings. The summed E-state index contributed by atoms with van der Waals surface area (Å²) >= 11 is 2.87. The van der Waals surface area contributed by atoms with Crippen molar-refractivity contribution in [2.75, 3.05) is 18.2 Å². The van der Waals surface area contributed by atoms with Gasteiger partial charge < -0.3 is 10.1 Å². The molecule has 3 rings (SSSR count). The maximum atomic E-state index is 12.1. The predicted octanol–water partition coefficient (Wildman–Crippen LogP) is 3.94. The average molecular weight is 357 g/mol. The van der Waals surface area contributed by atoms with Crippen molar-refractivity contribution >= 4 is 34.1 Å². The van der Waals surface area contributed by atoms with Gasteiger partial charge >= 0.3 is 0 Å². The lowest BCUT2D eigenvalue weighted by molar-refractivity contribution is -0.113. The van der Waals surface area contributed by atoms with Crippen LogP contribution in [0.15, 0.2) is 59.1 Å². The molecule has 1 N–H and O–H groups in total. The molecule has 2 aromatic heterocycles. The molecule has 0 radical (unpaired) electrons. The van der Waals surface area contributed by atoms with Crippen LogP contribution in [0.1, 0.15) is 0 Å². The summed E-state index contributed by atoms with van der Waals surface area (Å²) < 4.78 is 5.11. The molecule has 7 heteroatoms. The van der Waals surface area contributed by atoms with Gasteiger partial charge in [0.2, 0.25) is 5.91 Å². The molecule has 0 saturated carbocycles. The number of hydrogen-bond donors (Lipinski definition) is 1. The Hall–Kier alpha value is -2.38. The van der Waals surface area contributed by atoms with E-state index in [-0.39, 0.29) is 5.91 Å². The lowest BCUT2D eigenvalue weighted by Crippen LogP contribution is -2.13. The summed E-state index contributed by atoms with van der Waals surface area (Å²) in [5.41, 5.74) is 1.74. The third-order valence-electron chi connectivity index (χ3n) is 3.14. The molecule has 1 amide bonds. The number of anilines is 1. The zero-order valence-electron chi connectivity index (χ0n) is 12.9. The van der Waals surface area contributed by atoms with Crippen molar-refractivity contribution in [1.29, 1.82) is 0 Å². The molecular formula is C17H15N3O2S2. The summed E-state index contributed by atoms with van der Waals surface area (Å²) in [5, 5.41) is 5.33. The summed E-state index contributed by atoms with van der Waals surface area (Å²) in [5.74, 6) is 1.05. The number of rotatable bonds is 6. The van der Waals surface area contributed by atoms with Crippen LogP contribution in [0.5, 0.6) is 5.75 Å². The van der Waals surface area contributed by atoms with Crippen LogP contribution in [0.25, 0.3) is 11.3 Å². The first-order chi connectivity index (χ1) is 11.7. The van der Waals surface area contributed by atoms with Gasteiger partial charge in [-0.15, -0.1) is 23.1 Å². The minimum atomic E-state index is -0.0806. The van der Waals surface area contributed by atoms with Crippen molar-refractivity contribution in [3.63, 3.8) is 0 Å². The summed E-state index contributed by atoms with van der Waals surface area (Å²) in [4.78, 5) is 21.6.